The zero-order chi connectivity index (χ0) is 15.0. The molecule has 0 radical (unpaired) electrons. The van der Waals surface area contributed by atoms with Crippen molar-refractivity contribution in [1.82, 2.24) is 5.32 Å². The molecule has 0 bridgehead atoms. The van der Waals surface area contributed by atoms with Gasteiger partial charge in [-0.25, -0.2) is 9.59 Å². The van der Waals surface area contributed by atoms with Crippen LogP contribution >= 0.6 is 0 Å². The first-order valence-corrected chi connectivity index (χ1v) is 6.15. The van der Waals surface area contributed by atoms with E-state index in [0.29, 0.717) is 17.5 Å². The lowest BCUT2D eigenvalue weighted by Gasteiger charge is -2.11. The number of nitrogens with one attached hydrogen (secondary N) is 2. The first-order valence-electron chi connectivity index (χ1n) is 6.15. The largest absolute Gasteiger partial charge is 0.406 e. The van der Waals surface area contributed by atoms with E-state index in [1.807, 2.05) is 26.1 Å². The van der Waals surface area contributed by atoms with Crippen LogP contribution in [0.15, 0.2) is 9.21 Å². The molecule has 1 aromatic rings. The minimum Gasteiger partial charge on any atom is -0.406 e. The Balaban J connectivity index is 0.00000154. The molecular weight excluding hydrogens is 248 g/mol. The van der Waals surface area contributed by atoms with Crippen molar-refractivity contribution in [3.05, 3.63) is 27.1 Å². The third-order valence-corrected chi connectivity index (χ3v) is 2.52. The standard InChI is InChI=1S/C11H14N2O4.C2H6/c1-4-8-6(2)9(13-11(16)12-5-14)17-10(15)7(8)3;1-2/h5H,4H2,1-3H3,(H2,12,13,14,16);1-2H3. The first kappa shape index (κ1) is 16.9. The van der Waals surface area contributed by atoms with Gasteiger partial charge in [0.15, 0.2) is 0 Å². The molecule has 0 spiro atoms. The summed E-state index contributed by atoms with van der Waals surface area (Å²) in [5.74, 6) is 0.0665. The molecule has 106 valence electrons. The highest BCUT2D eigenvalue weighted by Gasteiger charge is 2.14. The van der Waals surface area contributed by atoms with Gasteiger partial charge in [-0.1, -0.05) is 20.8 Å². The van der Waals surface area contributed by atoms with Gasteiger partial charge in [-0.2, -0.15) is 0 Å². The SMILES string of the molecule is CC.CCc1c(C)c(NC(=O)NC=O)oc(=O)c1C. The molecule has 3 amide bonds. The number of rotatable bonds is 3. The number of amides is 3. The predicted octanol–water partition coefficient (Wildman–Crippen LogP) is 2.12. The van der Waals surface area contributed by atoms with Crippen molar-refractivity contribution in [2.75, 3.05) is 5.32 Å². The maximum absolute atomic E-state index is 11.5. The van der Waals surface area contributed by atoms with Crippen molar-refractivity contribution in [3.8, 4) is 0 Å². The maximum Gasteiger partial charge on any atom is 0.340 e. The summed E-state index contributed by atoms with van der Waals surface area (Å²) >= 11 is 0. The topological polar surface area (TPSA) is 88.4 Å². The fraction of sp³-hybridized carbons (Fsp3) is 0.462. The predicted molar refractivity (Wildman–Crippen MR) is 73.4 cm³/mol. The maximum atomic E-state index is 11.5. The highest BCUT2D eigenvalue weighted by molar-refractivity contribution is 5.94. The number of hydrogen-bond donors (Lipinski definition) is 2. The van der Waals surface area contributed by atoms with Crippen LogP contribution in [0, 0.1) is 13.8 Å². The van der Waals surface area contributed by atoms with Gasteiger partial charge in [0, 0.05) is 11.1 Å². The van der Waals surface area contributed by atoms with Gasteiger partial charge in [-0.15, -0.1) is 0 Å². The summed E-state index contributed by atoms with van der Waals surface area (Å²) in [5.41, 5.74) is 1.56. The minimum absolute atomic E-state index is 0.0665. The summed E-state index contributed by atoms with van der Waals surface area (Å²) in [5, 5.41) is 4.21. The van der Waals surface area contributed by atoms with Crippen LogP contribution < -0.4 is 16.3 Å². The van der Waals surface area contributed by atoms with E-state index in [9.17, 15) is 14.4 Å². The molecule has 1 aromatic heterocycles. The van der Waals surface area contributed by atoms with Crippen LogP contribution in [0.25, 0.3) is 0 Å². The normalized spacial score (nSPS) is 9.11. The van der Waals surface area contributed by atoms with Gasteiger partial charge in [0.25, 0.3) is 0 Å². The van der Waals surface area contributed by atoms with E-state index in [-0.39, 0.29) is 12.3 Å². The summed E-state index contributed by atoms with van der Waals surface area (Å²) in [7, 11) is 0. The lowest BCUT2D eigenvalue weighted by atomic mass is 10.0. The van der Waals surface area contributed by atoms with E-state index >= 15 is 0 Å². The van der Waals surface area contributed by atoms with Gasteiger partial charge in [0.2, 0.25) is 12.3 Å². The van der Waals surface area contributed by atoms with Crippen LogP contribution in [0.3, 0.4) is 0 Å². The monoisotopic (exact) mass is 268 g/mol. The molecule has 19 heavy (non-hydrogen) atoms. The lowest BCUT2D eigenvalue weighted by Crippen LogP contribution is -2.28. The summed E-state index contributed by atoms with van der Waals surface area (Å²) < 4.78 is 4.95. The fourth-order valence-corrected chi connectivity index (χ4v) is 1.63. The second kappa shape index (κ2) is 8.07. The van der Waals surface area contributed by atoms with Gasteiger partial charge >= 0.3 is 11.7 Å². The molecule has 0 saturated carbocycles. The van der Waals surface area contributed by atoms with Crippen molar-refractivity contribution in [2.24, 2.45) is 0 Å². The van der Waals surface area contributed by atoms with Gasteiger partial charge in [-0.05, 0) is 25.8 Å². The van der Waals surface area contributed by atoms with Crippen LogP contribution in [-0.4, -0.2) is 12.4 Å². The third-order valence-electron chi connectivity index (χ3n) is 2.52. The molecule has 0 saturated heterocycles. The van der Waals surface area contributed by atoms with Gasteiger partial charge in [0.1, 0.15) is 0 Å². The zero-order valence-electron chi connectivity index (χ0n) is 11.9. The van der Waals surface area contributed by atoms with E-state index in [1.54, 1.807) is 13.8 Å². The lowest BCUT2D eigenvalue weighted by molar-refractivity contribution is -0.108. The average molecular weight is 268 g/mol. The Kier molecular flexibility index (Phi) is 7.18. The number of hydrogen-bond acceptors (Lipinski definition) is 4. The van der Waals surface area contributed by atoms with E-state index in [1.165, 1.54) is 0 Å². The van der Waals surface area contributed by atoms with Crippen LogP contribution in [-0.2, 0) is 11.2 Å². The van der Waals surface area contributed by atoms with Gasteiger partial charge in [-0.3, -0.25) is 15.4 Å². The second-order valence-corrected chi connectivity index (χ2v) is 3.52. The molecule has 6 heteroatoms. The van der Waals surface area contributed by atoms with Crippen LogP contribution in [0.5, 0.6) is 0 Å². The fourth-order valence-electron chi connectivity index (χ4n) is 1.63. The van der Waals surface area contributed by atoms with Crippen molar-refractivity contribution in [3.63, 3.8) is 0 Å². The highest BCUT2D eigenvalue weighted by Crippen LogP contribution is 2.19. The van der Waals surface area contributed by atoms with E-state index in [2.05, 4.69) is 5.32 Å². The van der Waals surface area contributed by atoms with Crippen molar-refractivity contribution >= 4 is 18.3 Å². The van der Waals surface area contributed by atoms with Crippen molar-refractivity contribution in [1.29, 1.82) is 0 Å². The van der Waals surface area contributed by atoms with Crippen LogP contribution in [0.2, 0.25) is 0 Å². The smallest absolute Gasteiger partial charge is 0.340 e. The summed E-state index contributed by atoms with van der Waals surface area (Å²) in [6, 6.07) is -0.739. The minimum atomic E-state index is -0.739. The number of carbonyl (C=O) groups excluding carboxylic acids is 2. The van der Waals surface area contributed by atoms with Crippen LogP contribution in [0.4, 0.5) is 10.7 Å². The molecule has 0 aliphatic carbocycles. The van der Waals surface area contributed by atoms with Crippen molar-refractivity contribution in [2.45, 2.75) is 41.0 Å². The number of urea groups is 1. The van der Waals surface area contributed by atoms with E-state index in [4.69, 9.17) is 4.42 Å². The Hall–Kier alpha value is -2.11. The molecule has 0 aliphatic rings. The Morgan fingerprint density at radius 1 is 1.26 bits per heavy atom. The Labute approximate surface area is 112 Å². The summed E-state index contributed by atoms with van der Waals surface area (Å²) in [6.07, 6.45) is 0.908. The average Bonchev–Trinajstić information content (AvgIpc) is 2.39. The van der Waals surface area contributed by atoms with Crippen molar-refractivity contribution < 1.29 is 14.0 Å². The quantitative estimate of drug-likeness (QED) is 0.822. The molecule has 6 nitrogen and oxygen atoms in total. The van der Waals surface area contributed by atoms with Crippen LogP contribution in [0.1, 0.15) is 37.5 Å². The highest BCUT2D eigenvalue weighted by atomic mass is 16.4. The molecule has 0 fully saturated rings. The molecule has 0 atom stereocenters. The molecule has 1 heterocycles. The van der Waals surface area contributed by atoms with E-state index in [0.717, 1.165) is 5.56 Å². The number of imide groups is 1. The van der Waals surface area contributed by atoms with Gasteiger partial charge < -0.3 is 4.42 Å². The Morgan fingerprint density at radius 3 is 2.32 bits per heavy atom. The summed E-state index contributed by atoms with van der Waals surface area (Å²) in [4.78, 5) is 32.7. The summed E-state index contributed by atoms with van der Waals surface area (Å²) in [6.45, 7) is 9.32. The number of carbonyl (C=O) groups is 2. The zero-order valence-corrected chi connectivity index (χ0v) is 11.9. The van der Waals surface area contributed by atoms with Gasteiger partial charge in [0.05, 0.1) is 0 Å². The molecule has 1 rings (SSSR count). The molecule has 0 aromatic carbocycles. The first-order chi connectivity index (χ1) is 9.01. The number of anilines is 1. The Morgan fingerprint density at radius 2 is 1.84 bits per heavy atom. The molecular formula is C13H20N2O4. The third kappa shape index (κ3) is 4.24. The molecule has 0 aliphatic heterocycles. The second-order valence-electron chi connectivity index (χ2n) is 3.52. The van der Waals surface area contributed by atoms with E-state index < -0.39 is 11.7 Å². The Bertz CT molecular complexity index is 506. The molecule has 2 N–H and O–H groups in total. The molecule has 0 unspecified atom stereocenters.